The van der Waals surface area contributed by atoms with E-state index in [0.717, 1.165) is 6.26 Å². The summed E-state index contributed by atoms with van der Waals surface area (Å²) in [6.07, 6.45) is -3.59. The molecule has 17 heteroatoms. The number of hydrogen-bond donors (Lipinski definition) is 2. The van der Waals surface area contributed by atoms with Crippen LogP contribution in [0.3, 0.4) is 0 Å². The quantitative estimate of drug-likeness (QED) is 0.380. The van der Waals surface area contributed by atoms with E-state index < -0.39 is 65.8 Å². The van der Waals surface area contributed by atoms with E-state index in [4.69, 9.17) is 23.2 Å². The lowest BCUT2D eigenvalue weighted by Crippen LogP contribution is -2.37. The Kier molecular flexibility index (Phi) is 8.71. The first-order valence-electron chi connectivity index (χ1n) is 12.2. The Morgan fingerprint density at radius 3 is 2.39 bits per heavy atom. The average molecular weight is 658 g/mol. The predicted octanol–water partition coefficient (Wildman–Crippen LogP) is 2.98. The molecule has 1 atom stereocenters. The van der Waals surface area contributed by atoms with Gasteiger partial charge in [-0.1, -0.05) is 30.1 Å². The summed E-state index contributed by atoms with van der Waals surface area (Å²) in [5.41, 5.74) is -4.00. The SMILES string of the molecule is CCS(=O)(=O)c1ccc(Cl)cc1Cn1c(=O)[nH]c2c(Cl)c(CN3CC[C@@H](NS(C)(=O)=O)C3)c(C(F)(F)F)cc2c1=O. The topological polar surface area (TPSA) is 138 Å². The fourth-order valence-corrected chi connectivity index (χ4v) is 7.26. The Bertz CT molecular complexity index is 1860. The van der Waals surface area contributed by atoms with Crippen LogP contribution in [0.2, 0.25) is 10.0 Å². The summed E-state index contributed by atoms with van der Waals surface area (Å²) in [6, 6.07) is 3.93. The van der Waals surface area contributed by atoms with E-state index in [1.807, 2.05) is 0 Å². The largest absolute Gasteiger partial charge is 0.416 e. The van der Waals surface area contributed by atoms with Crippen molar-refractivity contribution < 1.29 is 30.0 Å². The van der Waals surface area contributed by atoms with Gasteiger partial charge in [-0.05, 0) is 41.8 Å². The van der Waals surface area contributed by atoms with Crippen molar-refractivity contribution in [2.75, 3.05) is 25.1 Å². The van der Waals surface area contributed by atoms with Crippen LogP contribution >= 0.6 is 23.2 Å². The summed E-state index contributed by atoms with van der Waals surface area (Å²) < 4.78 is 93.9. The lowest BCUT2D eigenvalue weighted by Gasteiger charge is -2.22. The number of aromatic nitrogens is 2. The highest BCUT2D eigenvalue weighted by molar-refractivity contribution is 7.91. The minimum Gasteiger partial charge on any atom is -0.305 e. The number of nitrogens with zero attached hydrogens (tertiary/aromatic N) is 2. The third-order valence-corrected chi connectivity index (χ3v) is 9.97. The molecule has 1 fully saturated rings. The van der Waals surface area contributed by atoms with Crippen molar-refractivity contribution in [1.82, 2.24) is 19.2 Å². The number of benzene rings is 2. The zero-order valence-corrected chi connectivity index (χ0v) is 24.8. The van der Waals surface area contributed by atoms with Gasteiger partial charge in [0, 0.05) is 30.7 Å². The first-order chi connectivity index (χ1) is 18.9. The number of H-pyrrole nitrogens is 1. The number of alkyl halides is 3. The van der Waals surface area contributed by atoms with Crippen LogP contribution in [-0.4, -0.2) is 62.4 Å². The van der Waals surface area contributed by atoms with Crippen LogP contribution in [0.25, 0.3) is 10.9 Å². The van der Waals surface area contributed by atoms with Gasteiger partial charge in [-0.15, -0.1) is 0 Å². The second-order valence-corrected chi connectivity index (χ2v) is 14.6. The van der Waals surface area contributed by atoms with Crippen molar-refractivity contribution in [3.63, 3.8) is 0 Å². The molecular formula is C24H25Cl2F3N4O6S2. The zero-order valence-electron chi connectivity index (χ0n) is 21.7. The van der Waals surface area contributed by atoms with Gasteiger partial charge >= 0.3 is 11.9 Å². The van der Waals surface area contributed by atoms with Crippen molar-refractivity contribution in [2.24, 2.45) is 0 Å². The third kappa shape index (κ3) is 6.81. The van der Waals surface area contributed by atoms with Crippen molar-refractivity contribution >= 4 is 54.0 Å². The molecule has 0 unspecified atom stereocenters. The van der Waals surface area contributed by atoms with E-state index in [-0.39, 0.29) is 51.9 Å². The molecule has 0 radical (unpaired) electrons. The minimum absolute atomic E-state index is 0.0105. The van der Waals surface area contributed by atoms with Crippen molar-refractivity contribution in [2.45, 2.75) is 43.5 Å². The van der Waals surface area contributed by atoms with Crippen LogP contribution < -0.4 is 16.0 Å². The first-order valence-corrected chi connectivity index (χ1v) is 16.5. The molecule has 1 saturated heterocycles. The van der Waals surface area contributed by atoms with Gasteiger partial charge in [0.25, 0.3) is 5.56 Å². The predicted molar refractivity (Wildman–Crippen MR) is 149 cm³/mol. The maximum absolute atomic E-state index is 14.2. The molecule has 1 aliphatic heterocycles. The monoisotopic (exact) mass is 656 g/mol. The van der Waals surface area contributed by atoms with E-state index in [1.165, 1.54) is 25.1 Å². The molecule has 1 aliphatic rings. The molecule has 0 saturated carbocycles. The van der Waals surface area contributed by atoms with Crippen LogP contribution in [0.1, 0.15) is 30.0 Å². The summed E-state index contributed by atoms with van der Waals surface area (Å²) in [6.45, 7) is 0.907. The second kappa shape index (κ2) is 11.3. The molecule has 2 N–H and O–H groups in total. The molecule has 0 aliphatic carbocycles. The molecule has 224 valence electrons. The van der Waals surface area contributed by atoms with E-state index in [0.29, 0.717) is 17.1 Å². The molecule has 10 nitrogen and oxygen atoms in total. The molecule has 3 aromatic rings. The Hall–Kier alpha value is -2.43. The van der Waals surface area contributed by atoms with Gasteiger partial charge in [0.05, 0.1) is 44.9 Å². The maximum atomic E-state index is 14.2. The van der Waals surface area contributed by atoms with Crippen LogP contribution in [0.15, 0.2) is 38.8 Å². The number of fused-ring (bicyclic) bond motifs is 1. The van der Waals surface area contributed by atoms with Crippen molar-refractivity contribution in [3.8, 4) is 0 Å². The van der Waals surface area contributed by atoms with Crippen molar-refractivity contribution in [1.29, 1.82) is 0 Å². The lowest BCUT2D eigenvalue weighted by atomic mass is 10.0. The summed E-state index contributed by atoms with van der Waals surface area (Å²) in [7, 11) is -7.32. The second-order valence-electron chi connectivity index (χ2n) is 9.72. The highest BCUT2D eigenvalue weighted by Gasteiger charge is 2.37. The van der Waals surface area contributed by atoms with Crippen LogP contribution in [0.4, 0.5) is 13.2 Å². The number of likely N-dealkylation sites (tertiary alicyclic amines) is 1. The lowest BCUT2D eigenvalue weighted by molar-refractivity contribution is -0.138. The number of sulfone groups is 1. The number of sulfonamides is 1. The molecule has 4 rings (SSSR count). The number of nitrogens with one attached hydrogen (secondary N) is 2. The molecular weight excluding hydrogens is 632 g/mol. The van der Waals surface area contributed by atoms with Gasteiger partial charge in [0.2, 0.25) is 10.0 Å². The fraction of sp³-hybridized carbons (Fsp3) is 0.417. The molecule has 0 amide bonds. The van der Waals surface area contributed by atoms with Crippen LogP contribution in [0.5, 0.6) is 0 Å². The number of hydrogen-bond acceptors (Lipinski definition) is 7. The molecule has 2 aromatic carbocycles. The highest BCUT2D eigenvalue weighted by atomic mass is 35.5. The Morgan fingerprint density at radius 2 is 1.78 bits per heavy atom. The number of halogens is 5. The Balaban J connectivity index is 1.82. The average Bonchev–Trinajstić information content (AvgIpc) is 3.28. The number of aromatic amines is 1. The summed E-state index contributed by atoms with van der Waals surface area (Å²) in [4.78, 5) is 30.2. The van der Waals surface area contributed by atoms with E-state index in [9.17, 15) is 39.6 Å². The van der Waals surface area contributed by atoms with Gasteiger partial charge in [0.15, 0.2) is 9.84 Å². The Labute approximate surface area is 243 Å². The van der Waals surface area contributed by atoms with Crippen molar-refractivity contribution in [3.05, 3.63) is 71.8 Å². The van der Waals surface area contributed by atoms with Gasteiger partial charge < -0.3 is 4.98 Å². The zero-order chi connectivity index (χ0) is 30.5. The normalized spacial score (nSPS) is 17.0. The highest BCUT2D eigenvalue weighted by Crippen LogP contribution is 2.39. The van der Waals surface area contributed by atoms with E-state index in [1.54, 1.807) is 4.90 Å². The van der Waals surface area contributed by atoms with Crippen LogP contribution in [-0.2, 0) is 39.1 Å². The smallest absolute Gasteiger partial charge is 0.305 e. The van der Waals surface area contributed by atoms with Crippen LogP contribution in [0, 0.1) is 0 Å². The molecule has 0 bridgehead atoms. The maximum Gasteiger partial charge on any atom is 0.416 e. The third-order valence-electron chi connectivity index (χ3n) is 6.73. The van der Waals surface area contributed by atoms with Gasteiger partial charge in [-0.2, -0.15) is 13.2 Å². The fourth-order valence-electron chi connectivity index (χ4n) is 4.84. The summed E-state index contributed by atoms with van der Waals surface area (Å²) in [5.74, 6) is -0.278. The Morgan fingerprint density at radius 1 is 1.10 bits per heavy atom. The summed E-state index contributed by atoms with van der Waals surface area (Å²) in [5, 5.41) is -0.874. The summed E-state index contributed by atoms with van der Waals surface area (Å²) >= 11 is 12.4. The van der Waals surface area contributed by atoms with Gasteiger partial charge in [-0.25, -0.2) is 26.4 Å². The molecule has 0 spiro atoms. The standard InChI is InChI=1S/C24H25Cl2F3N4O6S2/c1-3-41(38,39)19-5-4-14(25)8-13(19)10-33-22(34)16-9-18(24(27,28)29)17(20(26)21(16)30-23(33)35)12-32-7-6-15(11-32)31-40(2,36)37/h4-5,8-9,15,31H,3,6-7,10-12H2,1-2H3,(H,30,35)/t15-/m1/s1. The number of rotatable bonds is 8. The molecule has 1 aromatic heterocycles. The van der Waals surface area contributed by atoms with E-state index in [2.05, 4.69) is 9.71 Å². The minimum atomic E-state index is -4.93. The van der Waals surface area contributed by atoms with Gasteiger partial charge in [-0.3, -0.25) is 14.3 Å². The first kappa shape index (κ1) is 31.5. The molecule has 2 heterocycles. The molecule has 41 heavy (non-hydrogen) atoms. The van der Waals surface area contributed by atoms with Gasteiger partial charge in [0.1, 0.15) is 0 Å². The van der Waals surface area contributed by atoms with E-state index >= 15 is 0 Å².